The highest BCUT2D eigenvalue weighted by Crippen LogP contribution is 2.21. The van der Waals surface area contributed by atoms with E-state index in [1.807, 2.05) is 17.0 Å². The summed E-state index contributed by atoms with van der Waals surface area (Å²) in [5, 5.41) is 0. The molecule has 1 unspecified atom stereocenters. The molecule has 0 N–H and O–H groups in total. The lowest BCUT2D eigenvalue weighted by atomic mass is 10.1. The lowest BCUT2D eigenvalue weighted by Crippen LogP contribution is -2.34. The van der Waals surface area contributed by atoms with Crippen LogP contribution in [0.25, 0.3) is 0 Å². The van der Waals surface area contributed by atoms with Crippen molar-refractivity contribution in [1.29, 1.82) is 0 Å². The number of ether oxygens (including phenoxy) is 1. The second-order valence-corrected chi connectivity index (χ2v) is 5.02. The maximum atomic E-state index is 11.6. The number of likely N-dealkylation sites (tertiary alicyclic amines) is 1. The van der Waals surface area contributed by atoms with Gasteiger partial charge < -0.3 is 9.64 Å². The van der Waals surface area contributed by atoms with Crippen LogP contribution in [0.1, 0.15) is 30.9 Å². The molecule has 1 aliphatic heterocycles. The zero-order valence-corrected chi connectivity index (χ0v) is 11.4. The van der Waals surface area contributed by atoms with E-state index in [2.05, 4.69) is 26.8 Å². The summed E-state index contributed by atoms with van der Waals surface area (Å²) in [4.78, 5) is 13.5. The Hall–Kier alpha value is -1.51. The summed E-state index contributed by atoms with van der Waals surface area (Å²) in [6.45, 7) is 7.50. The molecule has 1 aliphatic rings. The minimum absolute atomic E-state index is 0.257. The number of hydrogen-bond acceptors (Lipinski definition) is 2. The molecule has 18 heavy (non-hydrogen) atoms. The molecule has 0 spiro atoms. The van der Waals surface area contributed by atoms with Crippen LogP contribution in [-0.4, -0.2) is 30.0 Å². The minimum atomic E-state index is 0.257. The number of benzene rings is 1. The van der Waals surface area contributed by atoms with Gasteiger partial charge in [-0.2, -0.15) is 0 Å². The van der Waals surface area contributed by atoms with Gasteiger partial charge in [-0.15, -0.1) is 0 Å². The Morgan fingerprint density at radius 3 is 2.83 bits per heavy atom. The van der Waals surface area contributed by atoms with Gasteiger partial charge in [0.2, 0.25) is 5.91 Å². The Labute approximate surface area is 109 Å². The van der Waals surface area contributed by atoms with Crippen molar-refractivity contribution in [1.82, 2.24) is 4.90 Å². The highest BCUT2D eigenvalue weighted by atomic mass is 16.5. The van der Waals surface area contributed by atoms with Crippen molar-refractivity contribution in [3.63, 3.8) is 0 Å². The number of amides is 1. The van der Waals surface area contributed by atoms with Gasteiger partial charge >= 0.3 is 0 Å². The van der Waals surface area contributed by atoms with Crippen LogP contribution in [0.15, 0.2) is 18.2 Å². The van der Waals surface area contributed by atoms with Gasteiger partial charge in [-0.3, -0.25) is 4.79 Å². The van der Waals surface area contributed by atoms with E-state index in [0.29, 0.717) is 25.6 Å². The molecule has 3 heteroatoms. The summed E-state index contributed by atoms with van der Waals surface area (Å²) in [6.07, 6.45) is 1.66. The topological polar surface area (TPSA) is 29.5 Å². The summed E-state index contributed by atoms with van der Waals surface area (Å²) >= 11 is 0. The molecule has 1 atom stereocenters. The SMILES string of the molecule is Cc1cccc(OCCN2C(=O)CCC2C)c1C. The van der Waals surface area contributed by atoms with Gasteiger partial charge in [-0.1, -0.05) is 12.1 Å². The van der Waals surface area contributed by atoms with Crippen LogP contribution in [0.4, 0.5) is 0 Å². The van der Waals surface area contributed by atoms with Crippen LogP contribution in [0, 0.1) is 13.8 Å². The van der Waals surface area contributed by atoms with Gasteiger partial charge in [0.15, 0.2) is 0 Å². The first kappa shape index (κ1) is 12.9. The molecule has 0 saturated carbocycles. The number of carbonyl (C=O) groups excluding carboxylic acids is 1. The fourth-order valence-electron chi connectivity index (χ4n) is 2.36. The van der Waals surface area contributed by atoms with Gasteiger partial charge in [0, 0.05) is 12.5 Å². The molecule has 0 aromatic heterocycles. The smallest absolute Gasteiger partial charge is 0.223 e. The van der Waals surface area contributed by atoms with E-state index in [1.165, 1.54) is 11.1 Å². The van der Waals surface area contributed by atoms with E-state index in [1.54, 1.807) is 0 Å². The molecule has 1 aromatic rings. The first-order chi connectivity index (χ1) is 8.59. The van der Waals surface area contributed by atoms with Gasteiger partial charge in [-0.25, -0.2) is 0 Å². The molecule has 0 radical (unpaired) electrons. The highest BCUT2D eigenvalue weighted by molar-refractivity contribution is 5.78. The second-order valence-electron chi connectivity index (χ2n) is 5.02. The second kappa shape index (κ2) is 5.42. The van der Waals surface area contributed by atoms with Crippen molar-refractivity contribution >= 4 is 5.91 Å². The Kier molecular flexibility index (Phi) is 3.90. The summed E-state index contributed by atoms with van der Waals surface area (Å²) in [5.41, 5.74) is 2.41. The minimum Gasteiger partial charge on any atom is -0.491 e. The van der Waals surface area contributed by atoms with E-state index < -0.39 is 0 Å². The van der Waals surface area contributed by atoms with Crippen LogP contribution in [-0.2, 0) is 4.79 Å². The summed E-state index contributed by atoms with van der Waals surface area (Å²) in [7, 11) is 0. The van der Waals surface area contributed by atoms with Gasteiger partial charge in [0.05, 0.1) is 6.54 Å². The third-order valence-electron chi connectivity index (χ3n) is 3.77. The molecule has 1 heterocycles. The largest absolute Gasteiger partial charge is 0.491 e. The van der Waals surface area contributed by atoms with E-state index in [9.17, 15) is 4.79 Å². The molecule has 1 amide bonds. The monoisotopic (exact) mass is 247 g/mol. The standard InChI is InChI=1S/C15H21NO2/c1-11-5-4-6-14(13(11)3)18-10-9-16-12(2)7-8-15(16)17/h4-6,12H,7-10H2,1-3H3. The molecule has 3 nitrogen and oxygen atoms in total. The predicted octanol–water partition coefficient (Wildman–Crippen LogP) is 2.69. The predicted molar refractivity (Wildman–Crippen MR) is 71.8 cm³/mol. The maximum absolute atomic E-state index is 11.6. The maximum Gasteiger partial charge on any atom is 0.223 e. The van der Waals surface area contributed by atoms with Crippen molar-refractivity contribution in [3.05, 3.63) is 29.3 Å². The third kappa shape index (κ3) is 2.66. The molecule has 98 valence electrons. The van der Waals surface area contributed by atoms with Crippen molar-refractivity contribution in [3.8, 4) is 5.75 Å². The summed E-state index contributed by atoms with van der Waals surface area (Å²) < 4.78 is 5.78. The Morgan fingerprint density at radius 1 is 1.39 bits per heavy atom. The lowest BCUT2D eigenvalue weighted by Gasteiger charge is -2.22. The average Bonchev–Trinajstić information content (AvgIpc) is 2.66. The van der Waals surface area contributed by atoms with Crippen LogP contribution in [0.3, 0.4) is 0 Å². The van der Waals surface area contributed by atoms with E-state index in [0.717, 1.165) is 12.2 Å². The Balaban J connectivity index is 1.89. The van der Waals surface area contributed by atoms with Gasteiger partial charge in [0.1, 0.15) is 12.4 Å². The van der Waals surface area contributed by atoms with Crippen LogP contribution >= 0.6 is 0 Å². The van der Waals surface area contributed by atoms with Crippen LogP contribution in [0.2, 0.25) is 0 Å². The molecule has 1 saturated heterocycles. The molecular weight excluding hydrogens is 226 g/mol. The highest BCUT2D eigenvalue weighted by Gasteiger charge is 2.26. The average molecular weight is 247 g/mol. The Morgan fingerprint density at radius 2 is 2.17 bits per heavy atom. The lowest BCUT2D eigenvalue weighted by molar-refractivity contribution is -0.129. The van der Waals surface area contributed by atoms with Crippen molar-refractivity contribution in [2.24, 2.45) is 0 Å². The Bertz CT molecular complexity index is 442. The normalized spacial score (nSPS) is 19.4. The fourth-order valence-corrected chi connectivity index (χ4v) is 2.36. The number of carbonyl (C=O) groups is 1. The summed E-state index contributed by atoms with van der Waals surface area (Å²) in [6, 6.07) is 6.42. The fraction of sp³-hybridized carbons (Fsp3) is 0.533. The number of hydrogen-bond donors (Lipinski definition) is 0. The molecule has 1 aromatic carbocycles. The van der Waals surface area contributed by atoms with Crippen molar-refractivity contribution in [2.45, 2.75) is 39.7 Å². The van der Waals surface area contributed by atoms with Crippen LogP contribution < -0.4 is 4.74 Å². The first-order valence-corrected chi connectivity index (χ1v) is 6.58. The molecule has 1 fully saturated rings. The zero-order chi connectivity index (χ0) is 13.1. The van der Waals surface area contributed by atoms with Crippen LogP contribution in [0.5, 0.6) is 5.75 Å². The molecule has 2 rings (SSSR count). The van der Waals surface area contributed by atoms with Crippen molar-refractivity contribution in [2.75, 3.05) is 13.2 Å². The van der Waals surface area contributed by atoms with Gasteiger partial charge in [-0.05, 0) is 44.4 Å². The molecular formula is C15H21NO2. The molecule has 0 aliphatic carbocycles. The van der Waals surface area contributed by atoms with E-state index in [-0.39, 0.29) is 5.91 Å². The third-order valence-corrected chi connectivity index (χ3v) is 3.77. The molecule has 0 bridgehead atoms. The van der Waals surface area contributed by atoms with Crippen molar-refractivity contribution < 1.29 is 9.53 Å². The van der Waals surface area contributed by atoms with Gasteiger partial charge in [0.25, 0.3) is 0 Å². The number of aryl methyl sites for hydroxylation is 1. The summed E-state index contributed by atoms with van der Waals surface area (Å²) in [5.74, 6) is 1.18. The zero-order valence-electron chi connectivity index (χ0n) is 11.4. The van der Waals surface area contributed by atoms with E-state index >= 15 is 0 Å². The number of nitrogens with zero attached hydrogens (tertiary/aromatic N) is 1. The van der Waals surface area contributed by atoms with E-state index in [4.69, 9.17) is 4.74 Å². The first-order valence-electron chi connectivity index (χ1n) is 6.58. The quantitative estimate of drug-likeness (QED) is 0.818. The number of rotatable bonds is 4.